The Kier molecular flexibility index (Phi) is 10.4. The Labute approximate surface area is 275 Å². The predicted molar refractivity (Wildman–Crippen MR) is 164 cm³/mol. The molecule has 1 unspecified atom stereocenters. The van der Waals surface area contributed by atoms with Gasteiger partial charge in [-0.05, 0) is 0 Å². The van der Waals surface area contributed by atoms with E-state index in [0.717, 1.165) is 12.0 Å². The summed E-state index contributed by atoms with van der Waals surface area (Å²) < 4.78 is 45.6. The molecule has 0 N–H and O–H groups in total. The molecule has 0 fully saturated rings. The molecular weight excluding hydrogens is 664 g/mol. The molecule has 0 saturated heterocycles. The van der Waals surface area contributed by atoms with E-state index in [1.54, 1.807) is 12.1 Å². The van der Waals surface area contributed by atoms with Crippen molar-refractivity contribution in [3.05, 3.63) is 108 Å². The van der Waals surface area contributed by atoms with E-state index in [0.29, 0.717) is 5.92 Å². The van der Waals surface area contributed by atoms with Gasteiger partial charge in [0.15, 0.2) is 0 Å². The molecule has 1 atom stereocenters. The summed E-state index contributed by atoms with van der Waals surface area (Å²) in [6.45, 7) is 20.4. The number of fused-ring (bicyclic) bond motifs is 3. The molecule has 0 nitrogen and oxygen atoms in total. The average Bonchev–Trinajstić information content (AvgIpc) is 3.36. The van der Waals surface area contributed by atoms with Gasteiger partial charge in [0.05, 0.1) is 0 Å². The molecule has 0 radical (unpaired) electrons. The van der Waals surface area contributed by atoms with Crippen LogP contribution in [-0.2, 0) is 44.7 Å². The molecule has 2 aliphatic rings. The van der Waals surface area contributed by atoms with E-state index in [4.69, 9.17) is 0 Å². The molecule has 3 aromatic carbocycles. The average molecular weight is 705 g/mol. The van der Waals surface area contributed by atoms with Crippen molar-refractivity contribution in [2.45, 2.75) is 85.7 Å². The van der Waals surface area contributed by atoms with Crippen molar-refractivity contribution < 1.29 is 59.3 Å². The second-order valence-electron chi connectivity index (χ2n) is 13.9. The summed E-state index contributed by atoms with van der Waals surface area (Å²) >= 11 is -2.84. The smallest absolute Gasteiger partial charge is 1.00 e. The van der Waals surface area contributed by atoms with Crippen LogP contribution in [0.5, 0.6) is 0 Å². The molecular formula is C37H41Cl2F3Zr. The summed E-state index contributed by atoms with van der Waals surface area (Å²) in [6.07, 6.45) is -1.06. The third-order valence-corrected chi connectivity index (χ3v) is 16.5. The van der Waals surface area contributed by atoms with Gasteiger partial charge in [0.25, 0.3) is 0 Å². The van der Waals surface area contributed by atoms with Crippen LogP contribution in [0.3, 0.4) is 0 Å². The quantitative estimate of drug-likeness (QED) is 0.305. The van der Waals surface area contributed by atoms with Crippen molar-refractivity contribution in [1.82, 2.24) is 0 Å². The molecule has 3 aromatic rings. The molecule has 2 aliphatic carbocycles. The fraction of sp³-hybridized carbons (Fsp3) is 0.378. The zero-order valence-electron chi connectivity index (χ0n) is 26.5. The molecule has 6 heteroatoms. The summed E-state index contributed by atoms with van der Waals surface area (Å²) in [5.41, 5.74) is 11.2. The topological polar surface area (TPSA) is 0 Å². The van der Waals surface area contributed by atoms with E-state index >= 15 is 0 Å². The van der Waals surface area contributed by atoms with Gasteiger partial charge in [-0.25, -0.2) is 0 Å². The van der Waals surface area contributed by atoms with Crippen molar-refractivity contribution in [2.75, 3.05) is 0 Å². The van der Waals surface area contributed by atoms with Crippen molar-refractivity contribution in [3.63, 3.8) is 0 Å². The molecule has 0 amide bonds. The maximum absolute atomic E-state index is 13.4. The van der Waals surface area contributed by atoms with Gasteiger partial charge < -0.3 is 24.8 Å². The van der Waals surface area contributed by atoms with E-state index in [1.807, 2.05) is 0 Å². The normalized spacial score (nSPS) is 16.4. The standard InChI is InChI=1S/C21H25.C8H5F3.C8H11.2ClH.Zr/c1-20(2,3)16-7-9-18-14(12-16)11-15-13-17(21(4,5)6)8-10-19(15)18;1-6-2-4-7(5-3-6)8(9,10)11;1-6-4-7(2)8(3)5-6;;;/h7-10,12H,11H2,1-6H3;1-5H;4,6H,1-3H3;2*1H;/q;;;;;+2/p-2. The van der Waals surface area contributed by atoms with Gasteiger partial charge in [0, 0.05) is 0 Å². The first-order valence-electron chi connectivity index (χ1n) is 14.6. The van der Waals surface area contributed by atoms with Crippen molar-refractivity contribution in [1.29, 1.82) is 0 Å². The number of rotatable bonds is 3. The van der Waals surface area contributed by atoms with Crippen LogP contribution < -0.4 is 28.1 Å². The van der Waals surface area contributed by atoms with E-state index in [-0.39, 0.29) is 35.6 Å². The molecule has 0 aromatic heterocycles. The van der Waals surface area contributed by atoms with E-state index < -0.39 is 33.0 Å². The zero-order chi connectivity index (χ0) is 30.1. The number of hydrogen-bond acceptors (Lipinski definition) is 0. The van der Waals surface area contributed by atoms with Crippen LogP contribution in [0.4, 0.5) is 13.2 Å². The van der Waals surface area contributed by atoms with Crippen LogP contribution in [0.1, 0.15) is 95.7 Å². The van der Waals surface area contributed by atoms with Gasteiger partial charge in [-0.3, -0.25) is 0 Å². The zero-order valence-corrected chi connectivity index (χ0v) is 30.5. The molecule has 0 heterocycles. The Morgan fingerprint density at radius 1 is 0.767 bits per heavy atom. The van der Waals surface area contributed by atoms with Crippen LogP contribution in [0.2, 0.25) is 0 Å². The summed E-state index contributed by atoms with van der Waals surface area (Å²) in [5.74, 6) is 0.329. The molecule has 0 bridgehead atoms. The second-order valence-corrected chi connectivity index (χ2v) is 19.2. The molecule has 228 valence electrons. The number of allylic oxidation sites excluding steroid dienone is 4. The minimum Gasteiger partial charge on any atom is -1.00 e. The Balaban J connectivity index is 0.00000253. The van der Waals surface area contributed by atoms with Gasteiger partial charge in [0.1, 0.15) is 0 Å². The number of halogens is 5. The molecule has 0 spiro atoms. The van der Waals surface area contributed by atoms with E-state index in [9.17, 15) is 13.2 Å². The van der Waals surface area contributed by atoms with Gasteiger partial charge in [-0.15, -0.1) is 0 Å². The van der Waals surface area contributed by atoms with Crippen molar-refractivity contribution in [3.8, 4) is 11.1 Å². The van der Waals surface area contributed by atoms with Gasteiger partial charge in [-0.1, -0.05) is 0 Å². The summed E-state index contributed by atoms with van der Waals surface area (Å²) in [5, 5.41) is 0. The number of hydrogen-bond donors (Lipinski definition) is 0. The monoisotopic (exact) mass is 702 g/mol. The minimum atomic E-state index is -4.34. The first-order valence-corrected chi connectivity index (χ1v) is 18.4. The van der Waals surface area contributed by atoms with Crippen molar-refractivity contribution in [2.24, 2.45) is 5.92 Å². The third-order valence-electron chi connectivity index (χ3n) is 8.81. The van der Waals surface area contributed by atoms with Crippen LogP contribution in [0.15, 0.2) is 75.1 Å². The Morgan fingerprint density at radius 2 is 1.35 bits per heavy atom. The fourth-order valence-corrected chi connectivity index (χ4v) is 15.2. The van der Waals surface area contributed by atoms with Crippen LogP contribution in [-0.4, -0.2) is 3.71 Å². The van der Waals surface area contributed by atoms with Crippen LogP contribution in [0, 0.1) is 5.92 Å². The summed E-state index contributed by atoms with van der Waals surface area (Å²) in [4.78, 5) is 0. The predicted octanol–water partition coefficient (Wildman–Crippen LogP) is 3.84. The van der Waals surface area contributed by atoms with Crippen LogP contribution in [0.25, 0.3) is 11.1 Å². The number of alkyl halides is 3. The minimum absolute atomic E-state index is 0. The summed E-state index contributed by atoms with van der Waals surface area (Å²) in [6, 6.07) is 17.5. The molecule has 0 aliphatic heterocycles. The van der Waals surface area contributed by atoms with E-state index in [1.165, 1.54) is 63.2 Å². The SMILES string of the molecule is CC1=CC(C)[C](/[Zr+2](=[CH]/c2ccc(C(F)(F)F)cc2)[c]2c(C(C)(C)C)ccc3c2Cc2cc(C(C)(C)C)ccc2-3)=C1C.[Cl-].[Cl-]. The fourth-order valence-electron chi connectivity index (χ4n) is 6.48. The third kappa shape index (κ3) is 6.92. The van der Waals surface area contributed by atoms with Gasteiger partial charge in [0.2, 0.25) is 0 Å². The molecule has 5 rings (SSSR count). The first-order chi connectivity index (χ1) is 19.0. The van der Waals surface area contributed by atoms with Crippen LogP contribution >= 0.6 is 0 Å². The first kappa shape index (κ1) is 35.7. The van der Waals surface area contributed by atoms with E-state index in [2.05, 4.69) is 102 Å². The van der Waals surface area contributed by atoms with Crippen molar-refractivity contribution >= 4 is 6.98 Å². The number of benzene rings is 3. The molecule has 43 heavy (non-hydrogen) atoms. The maximum Gasteiger partial charge on any atom is -1.00 e. The summed E-state index contributed by atoms with van der Waals surface area (Å²) in [7, 11) is 0. The second kappa shape index (κ2) is 12.6. The van der Waals surface area contributed by atoms with Gasteiger partial charge >= 0.3 is 253 Å². The Bertz CT molecular complexity index is 1630. The Hall–Kier alpha value is -1.74. The maximum atomic E-state index is 13.4. The molecule has 0 saturated carbocycles. The van der Waals surface area contributed by atoms with Gasteiger partial charge in [-0.2, -0.15) is 0 Å². The largest absolute Gasteiger partial charge is 1.00 e. The Morgan fingerprint density at radius 3 is 1.86 bits per heavy atom.